The molecule has 2 aromatic rings. The molecule has 0 spiro atoms. The lowest BCUT2D eigenvalue weighted by Crippen LogP contribution is -2.15. The third kappa shape index (κ3) is 3.67. The summed E-state index contributed by atoms with van der Waals surface area (Å²) in [6.07, 6.45) is 6.23. The van der Waals surface area contributed by atoms with Crippen molar-refractivity contribution in [1.82, 2.24) is 15.1 Å². The highest BCUT2D eigenvalue weighted by molar-refractivity contribution is 5.21. The van der Waals surface area contributed by atoms with Crippen LogP contribution in [0.4, 0.5) is 0 Å². The van der Waals surface area contributed by atoms with Gasteiger partial charge in [0.1, 0.15) is 18.1 Å². The Hall–Kier alpha value is -1.75. The van der Waals surface area contributed by atoms with Crippen LogP contribution in [0.2, 0.25) is 0 Å². The van der Waals surface area contributed by atoms with Gasteiger partial charge in [-0.15, -0.1) is 0 Å². The molecule has 1 N–H and O–H groups in total. The largest absolute Gasteiger partial charge is 0.482 e. The molecule has 1 saturated carbocycles. The summed E-state index contributed by atoms with van der Waals surface area (Å²) in [7, 11) is 0. The fraction of sp³-hybridized carbons (Fsp3) is 0.562. The normalized spacial score (nSPS) is 14.9. The van der Waals surface area contributed by atoms with Crippen LogP contribution < -0.4 is 10.1 Å². The van der Waals surface area contributed by atoms with E-state index in [4.69, 9.17) is 9.15 Å². The Morgan fingerprint density at radius 1 is 1.48 bits per heavy atom. The van der Waals surface area contributed by atoms with Crippen molar-refractivity contribution in [2.75, 3.05) is 0 Å². The molecule has 0 unspecified atom stereocenters. The number of ether oxygens (including phenoxy) is 1. The third-order valence-electron chi connectivity index (χ3n) is 3.69. The first kappa shape index (κ1) is 14.2. The SMILES string of the molecule is Cc1cc(COc2cnn(C(C)C)c2)oc1CNC1CC1. The second-order valence-corrected chi connectivity index (χ2v) is 6.01. The van der Waals surface area contributed by atoms with Gasteiger partial charge in [-0.2, -0.15) is 5.10 Å². The average molecular weight is 289 g/mol. The number of hydrogen-bond acceptors (Lipinski definition) is 4. The molecule has 5 nitrogen and oxygen atoms in total. The predicted octanol–water partition coefficient (Wildman–Crippen LogP) is 3.20. The van der Waals surface area contributed by atoms with E-state index in [-0.39, 0.29) is 0 Å². The molecule has 0 atom stereocenters. The maximum Gasteiger partial charge on any atom is 0.157 e. The molecule has 0 amide bonds. The molecule has 0 saturated heterocycles. The van der Waals surface area contributed by atoms with Gasteiger partial charge in [-0.05, 0) is 45.2 Å². The fourth-order valence-electron chi connectivity index (χ4n) is 2.19. The summed E-state index contributed by atoms with van der Waals surface area (Å²) in [4.78, 5) is 0. The zero-order chi connectivity index (χ0) is 14.8. The van der Waals surface area contributed by atoms with Gasteiger partial charge in [-0.1, -0.05) is 0 Å². The molecule has 1 aliphatic rings. The first-order chi connectivity index (χ1) is 10.1. The molecule has 0 bridgehead atoms. The number of aryl methyl sites for hydroxylation is 1. The molecule has 2 heterocycles. The summed E-state index contributed by atoms with van der Waals surface area (Å²) in [6.45, 7) is 7.50. The van der Waals surface area contributed by atoms with Crippen LogP contribution in [0, 0.1) is 6.92 Å². The summed E-state index contributed by atoms with van der Waals surface area (Å²) in [5.41, 5.74) is 1.18. The highest BCUT2D eigenvalue weighted by Gasteiger charge is 2.21. The molecule has 1 aliphatic carbocycles. The zero-order valence-electron chi connectivity index (χ0n) is 12.9. The van der Waals surface area contributed by atoms with E-state index in [1.165, 1.54) is 18.4 Å². The monoisotopic (exact) mass is 289 g/mol. The van der Waals surface area contributed by atoms with E-state index in [2.05, 4.69) is 37.3 Å². The predicted molar refractivity (Wildman–Crippen MR) is 80.3 cm³/mol. The van der Waals surface area contributed by atoms with Crippen molar-refractivity contribution < 1.29 is 9.15 Å². The first-order valence-electron chi connectivity index (χ1n) is 7.60. The maximum absolute atomic E-state index is 5.85. The van der Waals surface area contributed by atoms with E-state index in [0.717, 1.165) is 23.8 Å². The van der Waals surface area contributed by atoms with Crippen LogP contribution in [0.3, 0.4) is 0 Å². The van der Waals surface area contributed by atoms with Gasteiger partial charge in [-0.25, -0.2) is 0 Å². The van der Waals surface area contributed by atoms with Crippen LogP contribution in [0.1, 0.15) is 49.8 Å². The lowest BCUT2D eigenvalue weighted by Gasteiger charge is -2.03. The van der Waals surface area contributed by atoms with Gasteiger partial charge in [-0.3, -0.25) is 4.68 Å². The highest BCUT2D eigenvalue weighted by atomic mass is 16.5. The van der Waals surface area contributed by atoms with Crippen molar-refractivity contribution in [2.24, 2.45) is 0 Å². The van der Waals surface area contributed by atoms with Gasteiger partial charge in [0.15, 0.2) is 5.75 Å². The summed E-state index contributed by atoms with van der Waals surface area (Å²) in [5, 5.41) is 7.73. The smallest absolute Gasteiger partial charge is 0.157 e. The van der Waals surface area contributed by atoms with E-state index >= 15 is 0 Å². The van der Waals surface area contributed by atoms with Gasteiger partial charge in [0.25, 0.3) is 0 Å². The molecule has 21 heavy (non-hydrogen) atoms. The molecule has 0 aliphatic heterocycles. The molecule has 0 radical (unpaired) electrons. The van der Waals surface area contributed by atoms with Crippen LogP contribution in [0.15, 0.2) is 22.9 Å². The molecular weight excluding hydrogens is 266 g/mol. The molecule has 2 aromatic heterocycles. The van der Waals surface area contributed by atoms with E-state index in [1.807, 2.05) is 10.9 Å². The number of nitrogens with zero attached hydrogens (tertiary/aromatic N) is 2. The number of aromatic nitrogens is 2. The summed E-state index contributed by atoms with van der Waals surface area (Å²) < 4.78 is 13.5. The van der Waals surface area contributed by atoms with Crippen molar-refractivity contribution in [3.63, 3.8) is 0 Å². The van der Waals surface area contributed by atoms with Gasteiger partial charge in [0.05, 0.1) is 18.9 Å². The van der Waals surface area contributed by atoms with Gasteiger partial charge < -0.3 is 14.5 Å². The topological polar surface area (TPSA) is 52.2 Å². The van der Waals surface area contributed by atoms with Crippen LogP contribution in [0.25, 0.3) is 0 Å². The van der Waals surface area contributed by atoms with E-state index in [1.54, 1.807) is 6.20 Å². The summed E-state index contributed by atoms with van der Waals surface area (Å²) in [5.74, 6) is 2.64. The Bertz CT molecular complexity index is 596. The van der Waals surface area contributed by atoms with Crippen molar-refractivity contribution in [2.45, 2.75) is 58.8 Å². The lowest BCUT2D eigenvalue weighted by atomic mass is 10.2. The number of hydrogen-bond donors (Lipinski definition) is 1. The van der Waals surface area contributed by atoms with E-state index < -0.39 is 0 Å². The minimum absolute atomic E-state index is 0.341. The number of nitrogens with one attached hydrogen (secondary N) is 1. The molecule has 5 heteroatoms. The van der Waals surface area contributed by atoms with Crippen LogP contribution in [0.5, 0.6) is 5.75 Å². The standard InChI is InChI=1S/C16H23N3O2/c1-11(2)19-9-15(7-18-19)20-10-14-6-12(3)16(21-14)8-17-13-4-5-13/h6-7,9,11,13,17H,4-5,8,10H2,1-3H3. The summed E-state index contributed by atoms with van der Waals surface area (Å²) >= 11 is 0. The van der Waals surface area contributed by atoms with Crippen molar-refractivity contribution in [1.29, 1.82) is 0 Å². The average Bonchev–Trinajstić information content (AvgIpc) is 3.03. The fourth-order valence-corrected chi connectivity index (χ4v) is 2.19. The highest BCUT2D eigenvalue weighted by Crippen LogP contribution is 2.22. The summed E-state index contributed by atoms with van der Waals surface area (Å²) in [6, 6.07) is 3.08. The Labute approximate surface area is 125 Å². The van der Waals surface area contributed by atoms with E-state index in [9.17, 15) is 0 Å². The Morgan fingerprint density at radius 3 is 2.95 bits per heavy atom. The van der Waals surface area contributed by atoms with Gasteiger partial charge in [0, 0.05) is 12.1 Å². The van der Waals surface area contributed by atoms with E-state index in [0.29, 0.717) is 18.7 Å². The maximum atomic E-state index is 5.85. The molecule has 0 aromatic carbocycles. The third-order valence-corrected chi connectivity index (χ3v) is 3.69. The van der Waals surface area contributed by atoms with Gasteiger partial charge in [0.2, 0.25) is 0 Å². The molecule has 3 rings (SSSR count). The van der Waals surface area contributed by atoms with Crippen molar-refractivity contribution in [3.05, 3.63) is 35.5 Å². The first-order valence-corrected chi connectivity index (χ1v) is 7.60. The Balaban J connectivity index is 1.55. The number of rotatable bonds is 7. The molecular formula is C16H23N3O2. The van der Waals surface area contributed by atoms with Gasteiger partial charge >= 0.3 is 0 Å². The Morgan fingerprint density at radius 2 is 2.29 bits per heavy atom. The number of furan rings is 1. The molecule has 1 fully saturated rings. The second kappa shape index (κ2) is 5.93. The van der Waals surface area contributed by atoms with Crippen LogP contribution >= 0.6 is 0 Å². The van der Waals surface area contributed by atoms with Crippen LogP contribution in [-0.2, 0) is 13.2 Å². The molecule has 114 valence electrons. The zero-order valence-corrected chi connectivity index (χ0v) is 12.9. The second-order valence-electron chi connectivity index (χ2n) is 6.01. The van der Waals surface area contributed by atoms with Crippen LogP contribution in [-0.4, -0.2) is 15.8 Å². The minimum Gasteiger partial charge on any atom is -0.482 e. The van der Waals surface area contributed by atoms with Crippen molar-refractivity contribution >= 4 is 0 Å². The Kier molecular flexibility index (Phi) is 4.01. The lowest BCUT2D eigenvalue weighted by molar-refractivity contribution is 0.264. The minimum atomic E-state index is 0.341. The van der Waals surface area contributed by atoms with Crippen molar-refractivity contribution in [3.8, 4) is 5.75 Å². The quantitative estimate of drug-likeness (QED) is 0.850.